The number of aromatic nitrogens is 1. The van der Waals surface area contributed by atoms with Gasteiger partial charge in [0, 0.05) is 12.2 Å². The third-order valence-corrected chi connectivity index (χ3v) is 2.52. The van der Waals surface area contributed by atoms with Crippen LogP contribution in [0, 0.1) is 5.92 Å². The largest absolute Gasteiger partial charge is 0.385 e. The molecule has 0 aliphatic heterocycles. The molecule has 14 heavy (non-hydrogen) atoms. The molecule has 3 N–H and O–H groups in total. The molecule has 1 heterocycles. The fraction of sp³-hybridized carbons (Fsp3) is 0.500. The van der Waals surface area contributed by atoms with Gasteiger partial charge in [0.25, 0.3) is 0 Å². The molecule has 0 aliphatic carbocycles. The van der Waals surface area contributed by atoms with Crippen molar-refractivity contribution >= 4 is 11.6 Å². The smallest absolute Gasteiger partial charge is 0.113 e. The molecule has 0 spiro atoms. The zero-order chi connectivity index (χ0) is 10.7. The number of aliphatic hydroxyl groups excluding tert-OH is 1. The van der Waals surface area contributed by atoms with Crippen LogP contribution in [0.1, 0.15) is 25.6 Å². The second kappa shape index (κ2) is 4.73. The minimum atomic E-state index is -0.802. The Kier molecular flexibility index (Phi) is 3.86. The summed E-state index contributed by atoms with van der Waals surface area (Å²) >= 11 is 5.89. The summed E-state index contributed by atoms with van der Waals surface area (Å²) in [5.41, 5.74) is 6.27. The molecule has 1 aromatic heterocycles. The molecule has 0 aromatic carbocycles. The lowest BCUT2D eigenvalue weighted by molar-refractivity contribution is 0.121. The Morgan fingerprint density at radius 1 is 1.50 bits per heavy atom. The summed E-state index contributed by atoms with van der Waals surface area (Å²) in [5.74, 6) is 0.183. The van der Waals surface area contributed by atoms with Crippen molar-refractivity contribution in [3.63, 3.8) is 0 Å². The molecule has 0 amide bonds. The van der Waals surface area contributed by atoms with Crippen molar-refractivity contribution in [2.24, 2.45) is 11.7 Å². The predicted octanol–water partition coefficient (Wildman–Crippen LogP) is 1.75. The van der Waals surface area contributed by atoms with Gasteiger partial charge in [0.1, 0.15) is 6.10 Å². The highest BCUT2D eigenvalue weighted by Gasteiger charge is 2.22. The van der Waals surface area contributed by atoms with E-state index in [-0.39, 0.29) is 12.0 Å². The highest BCUT2D eigenvalue weighted by Crippen LogP contribution is 2.24. The number of aliphatic hydroxyl groups is 1. The van der Waals surface area contributed by atoms with Gasteiger partial charge in [-0.15, -0.1) is 0 Å². The average molecular weight is 215 g/mol. The van der Waals surface area contributed by atoms with Gasteiger partial charge in [0.2, 0.25) is 0 Å². The van der Waals surface area contributed by atoms with Gasteiger partial charge < -0.3 is 10.8 Å². The first-order chi connectivity index (χ1) is 6.54. The number of hydrogen-bond acceptors (Lipinski definition) is 3. The summed E-state index contributed by atoms with van der Waals surface area (Å²) in [6.07, 6.45) is 0.793. The van der Waals surface area contributed by atoms with Crippen molar-refractivity contribution in [3.05, 3.63) is 29.0 Å². The highest BCUT2D eigenvalue weighted by atomic mass is 35.5. The molecule has 2 atom stereocenters. The Hall–Kier alpha value is -0.640. The maximum Gasteiger partial charge on any atom is 0.113 e. The second-order valence-electron chi connectivity index (χ2n) is 3.64. The summed E-state index contributed by atoms with van der Waals surface area (Å²) in [6, 6.07) is 3.07. The van der Waals surface area contributed by atoms with Crippen molar-refractivity contribution in [2.45, 2.75) is 26.0 Å². The SMILES string of the molecule is CC(C)C(N)C(O)c1ncccc1Cl. The number of nitrogens with zero attached hydrogens (tertiary/aromatic N) is 1. The van der Waals surface area contributed by atoms with Gasteiger partial charge in [-0.25, -0.2) is 0 Å². The summed E-state index contributed by atoms with van der Waals surface area (Å²) in [4.78, 5) is 4.02. The first-order valence-corrected chi connectivity index (χ1v) is 4.96. The number of pyridine rings is 1. The van der Waals surface area contributed by atoms with E-state index in [1.165, 1.54) is 0 Å². The zero-order valence-electron chi connectivity index (χ0n) is 8.31. The van der Waals surface area contributed by atoms with Crippen LogP contribution in [-0.4, -0.2) is 16.1 Å². The molecule has 0 aliphatic rings. The van der Waals surface area contributed by atoms with Crippen LogP contribution in [-0.2, 0) is 0 Å². The van der Waals surface area contributed by atoms with E-state index in [9.17, 15) is 5.11 Å². The van der Waals surface area contributed by atoms with E-state index in [1.54, 1.807) is 18.3 Å². The van der Waals surface area contributed by atoms with Crippen LogP contribution >= 0.6 is 11.6 Å². The summed E-state index contributed by atoms with van der Waals surface area (Å²) in [7, 11) is 0. The van der Waals surface area contributed by atoms with Gasteiger partial charge in [0.05, 0.1) is 10.7 Å². The van der Waals surface area contributed by atoms with Crippen LogP contribution < -0.4 is 5.73 Å². The van der Waals surface area contributed by atoms with Crippen LogP contribution in [0.4, 0.5) is 0 Å². The van der Waals surface area contributed by atoms with Crippen molar-refractivity contribution in [1.29, 1.82) is 0 Å². The van der Waals surface area contributed by atoms with E-state index >= 15 is 0 Å². The minimum absolute atomic E-state index is 0.183. The Morgan fingerprint density at radius 2 is 2.14 bits per heavy atom. The average Bonchev–Trinajstić information content (AvgIpc) is 2.16. The van der Waals surface area contributed by atoms with E-state index in [0.29, 0.717) is 10.7 Å². The first kappa shape index (κ1) is 11.4. The Balaban J connectivity index is 2.89. The third-order valence-electron chi connectivity index (χ3n) is 2.20. The van der Waals surface area contributed by atoms with Crippen molar-refractivity contribution in [3.8, 4) is 0 Å². The quantitative estimate of drug-likeness (QED) is 0.806. The van der Waals surface area contributed by atoms with Crippen molar-refractivity contribution < 1.29 is 5.11 Å². The second-order valence-corrected chi connectivity index (χ2v) is 4.04. The lowest BCUT2D eigenvalue weighted by Gasteiger charge is -2.22. The molecule has 2 unspecified atom stereocenters. The van der Waals surface area contributed by atoms with E-state index in [4.69, 9.17) is 17.3 Å². The maximum absolute atomic E-state index is 9.87. The number of nitrogens with two attached hydrogens (primary N) is 1. The number of halogens is 1. The Labute approximate surface area is 88.9 Å². The monoisotopic (exact) mass is 214 g/mol. The fourth-order valence-corrected chi connectivity index (χ4v) is 1.40. The Morgan fingerprint density at radius 3 is 2.64 bits per heavy atom. The van der Waals surface area contributed by atoms with Crippen LogP contribution in [0.2, 0.25) is 5.02 Å². The normalized spacial score (nSPS) is 15.6. The lowest BCUT2D eigenvalue weighted by atomic mass is 9.97. The van der Waals surface area contributed by atoms with Crippen molar-refractivity contribution in [2.75, 3.05) is 0 Å². The summed E-state index contributed by atoms with van der Waals surface area (Å²) in [5, 5.41) is 10.3. The molecule has 78 valence electrons. The van der Waals surface area contributed by atoms with E-state index in [0.717, 1.165) is 0 Å². The molecule has 0 fully saturated rings. The van der Waals surface area contributed by atoms with Crippen molar-refractivity contribution in [1.82, 2.24) is 4.98 Å². The molecule has 1 aromatic rings. The summed E-state index contributed by atoms with van der Waals surface area (Å²) in [6.45, 7) is 3.90. The maximum atomic E-state index is 9.87. The topological polar surface area (TPSA) is 59.1 Å². The molecular weight excluding hydrogens is 200 g/mol. The van der Waals surface area contributed by atoms with E-state index in [1.807, 2.05) is 13.8 Å². The number of rotatable bonds is 3. The van der Waals surface area contributed by atoms with Crippen LogP contribution in [0.25, 0.3) is 0 Å². The van der Waals surface area contributed by atoms with E-state index in [2.05, 4.69) is 4.98 Å². The predicted molar refractivity (Wildman–Crippen MR) is 57.0 cm³/mol. The molecule has 0 radical (unpaired) electrons. The van der Waals surface area contributed by atoms with Gasteiger partial charge in [-0.3, -0.25) is 4.98 Å². The molecule has 3 nitrogen and oxygen atoms in total. The first-order valence-electron chi connectivity index (χ1n) is 4.58. The van der Waals surface area contributed by atoms with Crippen LogP contribution in [0.5, 0.6) is 0 Å². The molecule has 1 rings (SSSR count). The van der Waals surface area contributed by atoms with Gasteiger partial charge in [-0.1, -0.05) is 25.4 Å². The van der Waals surface area contributed by atoms with Gasteiger partial charge in [-0.2, -0.15) is 0 Å². The molecule has 0 saturated carbocycles. The standard InChI is InChI=1S/C10H15ClN2O/c1-6(2)8(12)10(14)9-7(11)4-3-5-13-9/h3-6,8,10,14H,12H2,1-2H3. The van der Waals surface area contributed by atoms with Gasteiger partial charge in [0.15, 0.2) is 0 Å². The zero-order valence-corrected chi connectivity index (χ0v) is 9.07. The van der Waals surface area contributed by atoms with Gasteiger partial charge >= 0.3 is 0 Å². The minimum Gasteiger partial charge on any atom is -0.385 e. The Bertz CT molecular complexity index is 304. The summed E-state index contributed by atoms with van der Waals surface area (Å²) < 4.78 is 0. The fourth-order valence-electron chi connectivity index (χ4n) is 1.16. The highest BCUT2D eigenvalue weighted by molar-refractivity contribution is 6.31. The third kappa shape index (κ3) is 2.44. The number of hydrogen-bond donors (Lipinski definition) is 2. The lowest BCUT2D eigenvalue weighted by Crippen LogP contribution is -2.34. The molecule has 0 bridgehead atoms. The molecule has 0 saturated heterocycles. The van der Waals surface area contributed by atoms with E-state index < -0.39 is 6.10 Å². The van der Waals surface area contributed by atoms with Crippen LogP contribution in [0.15, 0.2) is 18.3 Å². The molecular formula is C10H15ClN2O. The van der Waals surface area contributed by atoms with Crippen LogP contribution in [0.3, 0.4) is 0 Å². The molecule has 4 heteroatoms. The van der Waals surface area contributed by atoms with Gasteiger partial charge in [-0.05, 0) is 18.1 Å².